The van der Waals surface area contributed by atoms with Gasteiger partial charge in [-0.1, -0.05) is 0 Å². The van der Waals surface area contributed by atoms with Gasteiger partial charge in [-0.3, -0.25) is 0 Å². The average Bonchev–Trinajstić information content (AvgIpc) is 2.64. The van der Waals surface area contributed by atoms with Gasteiger partial charge in [-0.2, -0.15) is 0 Å². The minimum Gasteiger partial charge on any atom is -0.497 e. The van der Waals surface area contributed by atoms with E-state index in [9.17, 15) is 4.39 Å². The summed E-state index contributed by atoms with van der Waals surface area (Å²) in [4.78, 5) is 0. The molecule has 134 valence electrons. The third kappa shape index (κ3) is 5.77. The third-order valence-corrected chi connectivity index (χ3v) is 3.25. The minimum atomic E-state index is -0.385. The highest BCUT2D eigenvalue weighted by Crippen LogP contribution is 2.28. The SMILES string of the molecule is COCOc1cc(/C=C(\F)c2ccc(OC)cc2)cc(OCOC)c1. The summed E-state index contributed by atoms with van der Waals surface area (Å²) < 4.78 is 40.2. The van der Waals surface area contributed by atoms with Gasteiger partial charge in [-0.05, 0) is 48.0 Å². The molecule has 0 aliphatic rings. The van der Waals surface area contributed by atoms with Crippen LogP contribution in [-0.4, -0.2) is 34.9 Å². The van der Waals surface area contributed by atoms with E-state index in [0.717, 1.165) is 0 Å². The van der Waals surface area contributed by atoms with Crippen LogP contribution in [0, 0.1) is 0 Å². The molecule has 0 saturated carbocycles. The lowest BCUT2D eigenvalue weighted by Crippen LogP contribution is -2.02. The first kappa shape index (κ1) is 18.8. The largest absolute Gasteiger partial charge is 0.497 e. The van der Waals surface area contributed by atoms with Gasteiger partial charge in [0, 0.05) is 25.8 Å². The minimum absolute atomic E-state index is 0.0812. The summed E-state index contributed by atoms with van der Waals surface area (Å²) in [5, 5.41) is 0. The van der Waals surface area contributed by atoms with E-state index < -0.39 is 0 Å². The second-order valence-corrected chi connectivity index (χ2v) is 5.06. The Bertz CT molecular complexity index is 671. The predicted octanol–water partition coefficient (Wildman–Crippen LogP) is 4.13. The molecular weight excluding hydrogens is 327 g/mol. The molecule has 0 bridgehead atoms. The van der Waals surface area contributed by atoms with E-state index in [-0.39, 0.29) is 19.4 Å². The van der Waals surface area contributed by atoms with E-state index in [1.54, 1.807) is 49.6 Å². The first-order valence-corrected chi connectivity index (χ1v) is 7.56. The standard InChI is InChI=1S/C19H21FO5/c1-21-12-24-17-8-14(9-18(11-17)25-13-22-2)10-19(20)15-4-6-16(23-3)7-5-15/h4-11H,12-13H2,1-3H3/b19-10-. The summed E-state index contributed by atoms with van der Waals surface area (Å²) in [5.74, 6) is 1.29. The molecule has 2 rings (SSSR count). The molecule has 0 aliphatic heterocycles. The lowest BCUT2D eigenvalue weighted by molar-refractivity contribution is 0.0460. The topological polar surface area (TPSA) is 46.2 Å². The smallest absolute Gasteiger partial charge is 0.188 e. The van der Waals surface area contributed by atoms with Crippen molar-refractivity contribution in [2.45, 2.75) is 0 Å². The zero-order valence-corrected chi connectivity index (χ0v) is 14.5. The van der Waals surface area contributed by atoms with Crippen LogP contribution in [0.5, 0.6) is 17.2 Å². The fourth-order valence-electron chi connectivity index (χ4n) is 2.08. The summed E-state index contributed by atoms with van der Waals surface area (Å²) >= 11 is 0. The Morgan fingerprint density at radius 2 is 1.40 bits per heavy atom. The maximum absolute atomic E-state index is 14.5. The fourth-order valence-corrected chi connectivity index (χ4v) is 2.08. The molecule has 0 heterocycles. The summed E-state index contributed by atoms with van der Waals surface area (Å²) in [7, 11) is 4.61. The van der Waals surface area contributed by atoms with Crippen molar-refractivity contribution in [3.05, 3.63) is 53.6 Å². The summed E-state index contributed by atoms with van der Waals surface area (Å²) in [6, 6.07) is 11.8. The fraction of sp³-hybridized carbons (Fsp3) is 0.263. The van der Waals surface area contributed by atoms with Gasteiger partial charge in [0.2, 0.25) is 0 Å². The Morgan fingerprint density at radius 1 is 0.840 bits per heavy atom. The van der Waals surface area contributed by atoms with Gasteiger partial charge in [0.05, 0.1) is 7.11 Å². The second kappa shape index (κ2) is 9.66. The zero-order chi connectivity index (χ0) is 18.1. The Labute approximate surface area is 146 Å². The zero-order valence-electron chi connectivity index (χ0n) is 14.5. The highest BCUT2D eigenvalue weighted by Gasteiger charge is 2.06. The van der Waals surface area contributed by atoms with Crippen molar-refractivity contribution < 1.29 is 28.1 Å². The average molecular weight is 348 g/mol. The Morgan fingerprint density at radius 3 is 1.88 bits per heavy atom. The van der Waals surface area contributed by atoms with E-state index in [0.29, 0.717) is 28.4 Å². The van der Waals surface area contributed by atoms with Crippen molar-refractivity contribution in [3.63, 3.8) is 0 Å². The van der Waals surface area contributed by atoms with E-state index >= 15 is 0 Å². The number of hydrogen-bond acceptors (Lipinski definition) is 5. The lowest BCUT2D eigenvalue weighted by Gasteiger charge is -2.10. The molecule has 25 heavy (non-hydrogen) atoms. The van der Waals surface area contributed by atoms with Gasteiger partial charge in [0.15, 0.2) is 13.6 Å². The Kier molecular flexibility index (Phi) is 7.25. The van der Waals surface area contributed by atoms with Gasteiger partial charge < -0.3 is 23.7 Å². The number of benzene rings is 2. The summed E-state index contributed by atoms with van der Waals surface area (Å²) in [5.41, 5.74) is 1.04. The summed E-state index contributed by atoms with van der Waals surface area (Å²) in [6.45, 7) is 0.162. The quantitative estimate of drug-likeness (QED) is 0.504. The van der Waals surface area contributed by atoms with E-state index in [2.05, 4.69) is 0 Å². The molecule has 0 aromatic heterocycles. The van der Waals surface area contributed by atoms with E-state index in [4.69, 9.17) is 23.7 Å². The van der Waals surface area contributed by atoms with Crippen LogP contribution in [0.4, 0.5) is 4.39 Å². The molecule has 5 nitrogen and oxygen atoms in total. The molecule has 0 fully saturated rings. The number of ether oxygens (including phenoxy) is 5. The van der Waals surface area contributed by atoms with Crippen LogP contribution >= 0.6 is 0 Å². The number of halogens is 1. The highest BCUT2D eigenvalue weighted by atomic mass is 19.1. The first-order valence-electron chi connectivity index (χ1n) is 7.56. The molecule has 2 aromatic rings. The van der Waals surface area contributed by atoms with Gasteiger partial charge in [0.1, 0.15) is 23.1 Å². The highest BCUT2D eigenvalue weighted by molar-refractivity contribution is 5.77. The van der Waals surface area contributed by atoms with Crippen molar-refractivity contribution in [2.75, 3.05) is 34.9 Å². The molecule has 0 radical (unpaired) electrons. The van der Waals surface area contributed by atoms with Crippen LogP contribution in [-0.2, 0) is 9.47 Å². The van der Waals surface area contributed by atoms with Gasteiger partial charge in [0.25, 0.3) is 0 Å². The van der Waals surface area contributed by atoms with E-state index in [1.165, 1.54) is 20.3 Å². The lowest BCUT2D eigenvalue weighted by atomic mass is 10.1. The molecule has 6 heteroatoms. The Balaban J connectivity index is 2.27. The number of methoxy groups -OCH3 is 3. The predicted molar refractivity (Wildman–Crippen MR) is 93.4 cm³/mol. The molecule has 0 unspecified atom stereocenters. The van der Waals surface area contributed by atoms with Crippen molar-refractivity contribution in [1.29, 1.82) is 0 Å². The van der Waals surface area contributed by atoms with Crippen molar-refractivity contribution in [3.8, 4) is 17.2 Å². The van der Waals surface area contributed by atoms with Crippen LogP contribution in [0.25, 0.3) is 11.9 Å². The maximum atomic E-state index is 14.5. The van der Waals surface area contributed by atoms with Crippen LogP contribution < -0.4 is 14.2 Å². The second-order valence-electron chi connectivity index (χ2n) is 5.06. The molecule has 0 amide bonds. The monoisotopic (exact) mass is 348 g/mol. The molecular formula is C19H21FO5. The molecule has 0 N–H and O–H groups in total. The van der Waals surface area contributed by atoms with Crippen LogP contribution in [0.15, 0.2) is 42.5 Å². The first-order chi connectivity index (χ1) is 12.2. The molecule has 0 spiro atoms. The molecule has 2 aromatic carbocycles. The normalized spacial score (nSPS) is 11.3. The van der Waals surface area contributed by atoms with Crippen LogP contribution in [0.1, 0.15) is 11.1 Å². The Hall–Kier alpha value is -2.57. The van der Waals surface area contributed by atoms with Crippen molar-refractivity contribution >= 4 is 11.9 Å². The van der Waals surface area contributed by atoms with Crippen LogP contribution in [0.3, 0.4) is 0 Å². The molecule has 0 saturated heterocycles. The summed E-state index contributed by atoms with van der Waals surface area (Å²) in [6.07, 6.45) is 1.40. The van der Waals surface area contributed by atoms with Crippen molar-refractivity contribution in [1.82, 2.24) is 0 Å². The van der Waals surface area contributed by atoms with Gasteiger partial charge >= 0.3 is 0 Å². The van der Waals surface area contributed by atoms with Crippen molar-refractivity contribution in [2.24, 2.45) is 0 Å². The number of hydrogen-bond donors (Lipinski definition) is 0. The van der Waals surface area contributed by atoms with Crippen LogP contribution in [0.2, 0.25) is 0 Å². The third-order valence-electron chi connectivity index (χ3n) is 3.25. The van der Waals surface area contributed by atoms with E-state index in [1.807, 2.05) is 0 Å². The van der Waals surface area contributed by atoms with Gasteiger partial charge in [-0.15, -0.1) is 0 Å². The molecule has 0 atom stereocenters. The number of rotatable bonds is 9. The molecule has 0 aliphatic carbocycles. The van der Waals surface area contributed by atoms with Gasteiger partial charge in [-0.25, -0.2) is 4.39 Å². The maximum Gasteiger partial charge on any atom is 0.188 e.